The maximum atomic E-state index is 8.87. The second-order valence-electron chi connectivity index (χ2n) is 3.17. The zero-order chi connectivity index (χ0) is 9.42. The molecule has 0 spiro atoms. The highest BCUT2D eigenvalue weighted by molar-refractivity contribution is 7.19. The molecule has 1 aromatic heterocycles. The molecular weight excluding hydrogens is 179 g/mol. The molecule has 2 rings (SSSR count). The van der Waals surface area contributed by atoms with Gasteiger partial charge in [0.1, 0.15) is 0 Å². The first kappa shape index (κ1) is 8.79. The van der Waals surface area contributed by atoms with Crippen LogP contribution in [0.1, 0.15) is 10.4 Å². The van der Waals surface area contributed by atoms with E-state index in [9.17, 15) is 0 Å². The fraction of sp³-hybridized carbons (Fsp3) is 0.200. The van der Waals surface area contributed by atoms with Crippen molar-refractivity contribution in [2.75, 3.05) is 0 Å². The normalized spacial score (nSPS) is 10.7. The Morgan fingerprint density at radius 1 is 1.31 bits per heavy atom. The molecule has 1 N–H and O–H groups in total. The minimum absolute atomic E-state index is 0.869. The summed E-state index contributed by atoms with van der Waals surface area (Å²) in [6, 6.07) is 6.01. The fourth-order valence-corrected chi connectivity index (χ4v) is 2.49. The smallest absolute Gasteiger partial charge is 0.326 e. The minimum Gasteiger partial charge on any atom is -0.450 e. The van der Waals surface area contributed by atoms with Crippen molar-refractivity contribution in [3.05, 3.63) is 28.6 Å². The van der Waals surface area contributed by atoms with E-state index in [-0.39, 0.29) is 0 Å². The van der Waals surface area contributed by atoms with Gasteiger partial charge in [0, 0.05) is 9.58 Å². The summed E-state index contributed by atoms with van der Waals surface area (Å²) in [5, 5.41) is 10.1. The van der Waals surface area contributed by atoms with E-state index in [1.54, 1.807) is 11.3 Å². The van der Waals surface area contributed by atoms with Crippen LogP contribution in [0.25, 0.3) is 10.1 Å². The Bertz CT molecular complexity index is 447. The summed E-state index contributed by atoms with van der Waals surface area (Å²) in [5.74, 6) is 0. The van der Waals surface area contributed by atoms with Crippen LogP contribution >= 0.6 is 11.3 Å². The van der Waals surface area contributed by atoms with Gasteiger partial charge in [0.25, 0.3) is 0 Å². The van der Waals surface area contributed by atoms with E-state index in [2.05, 4.69) is 19.9 Å². The number of thiophene rings is 1. The lowest BCUT2D eigenvalue weighted by Gasteiger charge is -1.95. The number of benzene rings is 1. The first-order chi connectivity index (χ1) is 6.22. The van der Waals surface area contributed by atoms with Crippen LogP contribution in [0.4, 0.5) is 0 Å². The summed E-state index contributed by atoms with van der Waals surface area (Å²) >= 11 is 1.80. The van der Waals surface area contributed by atoms with Gasteiger partial charge in [-0.25, -0.2) is 0 Å². The van der Waals surface area contributed by atoms with Crippen molar-refractivity contribution in [2.45, 2.75) is 13.8 Å². The molecule has 3 heteroatoms. The van der Waals surface area contributed by atoms with Gasteiger partial charge in [-0.3, -0.25) is 0 Å². The van der Waals surface area contributed by atoms with Crippen LogP contribution in [0, 0.1) is 13.8 Å². The van der Waals surface area contributed by atoms with Gasteiger partial charge < -0.3 is 5.02 Å². The Morgan fingerprint density at radius 3 is 2.77 bits per heavy atom. The van der Waals surface area contributed by atoms with Gasteiger partial charge in [0.05, 0.1) is 0 Å². The topological polar surface area (TPSA) is 20.2 Å². The second-order valence-corrected chi connectivity index (χ2v) is 4.42. The molecule has 0 bridgehead atoms. The maximum Gasteiger partial charge on any atom is 0.326 e. The number of fused-ring (bicyclic) bond motifs is 1. The van der Waals surface area contributed by atoms with Crippen molar-refractivity contribution in [2.24, 2.45) is 0 Å². The molecule has 0 aliphatic rings. The molecule has 13 heavy (non-hydrogen) atoms. The molecule has 1 radical (unpaired) electrons. The van der Waals surface area contributed by atoms with Crippen LogP contribution in [-0.4, -0.2) is 12.5 Å². The third-order valence-corrected chi connectivity index (χ3v) is 3.54. The Labute approximate surface area is 82.3 Å². The van der Waals surface area contributed by atoms with Gasteiger partial charge >= 0.3 is 7.48 Å². The quantitative estimate of drug-likeness (QED) is 0.677. The maximum absolute atomic E-state index is 8.87. The summed E-state index contributed by atoms with van der Waals surface area (Å²) < 4.78 is 1.29. The molecule has 0 aliphatic heterocycles. The molecule has 1 heterocycles. The first-order valence-electron chi connectivity index (χ1n) is 4.19. The molecule has 1 aromatic carbocycles. The standard InChI is InChI=1S/C10H10BOS/c1-6-7(2)13-10-4-3-8(11-12)5-9(6)10/h3-5,12H,1-2H3. The van der Waals surface area contributed by atoms with Crippen molar-refractivity contribution in [3.8, 4) is 0 Å². The molecule has 0 saturated carbocycles. The predicted molar refractivity (Wildman–Crippen MR) is 58.9 cm³/mol. The van der Waals surface area contributed by atoms with E-state index in [0.717, 1.165) is 12.9 Å². The third-order valence-electron chi connectivity index (χ3n) is 2.35. The summed E-state index contributed by atoms with van der Waals surface area (Å²) in [5.41, 5.74) is 2.19. The zero-order valence-corrected chi connectivity index (χ0v) is 8.48. The molecule has 0 atom stereocenters. The third kappa shape index (κ3) is 1.38. The highest BCUT2D eigenvalue weighted by Crippen LogP contribution is 2.28. The van der Waals surface area contributed by atoms with Gasteiger partial charge in [-0.1, -0.05) is 17.6 Å². The van der Waals surface area contributed by atoms with Crippen molar-refractivity contribution < 1.29 is 5.02 Å². The molecular formula is C10H10BOS. The van der Waals surface area contributed by atoms with Crippen molar-refractivity contribution in [1.82, 2.24) is 0 Å². The fourth-order valence-electron chi connectivity index (χ4n) is 1.44. The van der Waals surface area contributed by atoms with Crippen molar-refractivity contribution in [3.63, 3.8) is 0 Å². The van der Waals surface area contributed by atoms with Crippen molar-refractivity contribution >= 4 is 34.4 Å². The molecule has 65 valence electrons. The predicted octanol–water partition coefficient (Wildman–Crippen LogP) is 1.75. The zero-order valence-electron chi connectivity index (χ0n) is 7.66. The lowest BCUT2D eigenvalue weighted by Crippen LogP contribution is -2.11. The Morgan fingerprint density at radius 2 is 2.08 bits per heavy atom. The first-order valence-corrected chi connectivity index (χ1v) is 5.01. The van der Waals surface area contributed by atoms with Gasteiger partial charge in [0.2, 0.25) is 0 Å². The van der Waals surface area contributed by atoms with Crippen LogP contribution in [0.15, 0.2) is 18.2 Å². The second kappa shape index (κ2) is 3.16. The minimum atomic E-state index is 0.869. The molecule has 1 nitrogen and oxygen atoms in total. The average molecular weight is 189 g/mol. The van der Waals surface area contributed by atoms with Crippen LogP contribution in [0.5, 0.6) is 0 Å². The van der Waals surface area contributed by atoms with Crippen molar-refractivity contribution in [1.29, 1.82) is 0 Å². The van der Waals surface area contributed by atoms with E-state index in [0.29, 0.717) is 0 Å². The van der Waals surface area contributed by atoms with Gasteiger partial charge in [-0.05, 0) is 30.9 Å². The van der Waals surface area contributed by atoms with Crippen LogP contribution in [0.2, 0.25) is 0 Å². The SMILES string of the molecule is Cc1sc2ccc([B]O)cc2c1C. The van der Waals surface area contributed by atoms with E-state index in [1.807, 2.05) is 12.1 Å². The number of hydrogen-bond acceptors (Lipinski definition) is 2. The van der Waals surface area contributed by atoms with E-state index in [4.69, 9.17) is 5.02 Å². The molecule has 2 aromatic rings. The number of aryl methyl sites for hydroxylation is 2. The lowest BCUT2D eigenvalue weighted by atomic mass is 9.88. The lowest BCUT2D eigenvalue weighted by molar-refractivity contribution is 0.615. The van der Waals surface area contributed by atoms with E-state index < -0.39 is 0 Å². The summed E-state index contributed by atoms with van der Waals surface area (Å²) in [4.78, 5) is 1.35. The molecule has 0 aliphatic carbocycles. The molecule has 0 saturated heterocycles. The number of hydrogen-bond donors (Lipinski definition) is 1. The monoisotopic (exact) mass is 189 g/mol. The summed E-state index contributed by atoms with van der Waals surface area (Å²) in [6.07, 6.45) is 0. The van der Waals surface area contributed by atoms with E-state index >= 15 is 0 Å². The van der Waals surface area contributed by atoms with E-state index in [1.165, 1.54) is 20.5 Å². The van der Waals surface area contributed by atoms with Gasteiger partial charge in [0.15, 0.2) is 0 Å². The highest BCUT2D eigenvalue weighted by Gasteiger charge is 2.05. The largest absolute Gasteiger partial charge is 0.450 e. The molecule has 0 fully saturated rings. The van der Waals surface area contributed by atoms with Crippen LogP contribution in [-0.2, 0) is 0 Å². The highest BCUT2D eigenvalue weighted by atomic mass is 32.1. The number of rotatable bonds is 1. The van der Waals surface area contributed by atoms with Gasteiger partial charge in [-0.2, -0.15) is 0 Å². The van der Waals surface area contributed by atoms with Crippen LogP contribution < -0.4 is 5.46 Å². The summed E-state index contributed by atoms with van der Waals surface area (Å²) in [6.45, 7) is 4.25. The molecule has 0 unspecified atom stereocenters. The Hall–Kier alpha value is -0.795. The Kier molecular flexibility index (Phi) is 2.14. The van der Waals surface area contributed by atoms with Crippen LogP contribution in [0.3, 0.4) is 0 Å². The summed E-state index contributed by atoms with van der Waals surface area (Å²) in [7, 11) is 1.14. The van der Waals surface area contributed by atoms with Gasteiger partial charge in [-0.15, -0.1) is 11.3 Å². The average Bonchev–Trinajstić information content (AvgIpc) is 2.43. The Balaban J connectivity index is 2.75. The molecule has 0 amide bonds.